The molecule has 3 fully saturated rings. The third-order valence-corrected chi connectivity index (χ3v) is 5.22. The third kappa shape index (κ3) is 2.91. The summed E-state index contributed by atoms with van der Waals surface area (Å²) in [6, 6.07) is 0.381. The zero-order chi connectivity index (χ0) is 15.9. The van der Waals surface area contributed by atoms with Crippen LogP contribution >= 0.6 is 0 Å². The zero-order valence-electron chi connectivity index (χ0n) is 14.5. The number of carbonyl (C=O) groups is 1. The van der Waals surface area contributed by atoms with Crippen molar-refractivity contribution in [2.45, 2.75) is 39.3 Å². The van der Waals surface area contributed by atoms with E-state index in [2.05, 4.69) is 28.5 Å². The number of morpholine rings is 1. The van der Waals surface area contributed by atoms with Gasteiger partial charge in [0.1, 0.15) is 0 Å². The second-order valence-corrected chi connectivity index (χ2v) is 8.08. The van der Waals surface area contributed by atoms with E-state index in [-0.39, 0.29) is 11.5 Å². The average molecular weight is 309 g/mol. The van der Waals surface area contributed by atoms with Crippen molar-refractivity contribution in [2.24, 2.45) is 11.8 Å². The molecule has 0 aromatic carbocycles. The van der Waals surface area contributed by atoms with Crippen molar-refractivity contribution in [2.75, 3.05) is 52.5 Å². The van der Waals surface area contributed by atoms with E-state index in [1.54, 1.807) is 0 Å². The van der Waals surface area contributed by atoms with Gasteiger partial charge in [-0.3, -0.25) is 14.6 Å². The summed E-state index contributed by atoms with van der Waals surface area (Å²) >= 11 is 0. The molecule has 5 heteroatoms. The minimum atomic E-state index is 0.0833. The van der Waals surface area contributed by atoms with Crippen molar-refractivity contribution in [1.29, 1.82) is 0 Å². The summed E-state index contributed by atoms with van der Waals surface area (Å²) in [6.07, 6.45) is 0. The zero-order valence-corrected chi connectivity index (χ0v) is 14.5. The fraction of sp³-hybridized carbons (Fsp3) is 0.941. The van der Waals surface area contributed by atoms with Crippen LogP contribution in [0.15, 0.2) is 0 Å². The molecule has 1 amide bonds. The molecular weight excluding hydrogens is 278 g/mol. The summed E-state index contributed by atoms with van der Waals surface area (Å²) < 4.78 is 5.69. The van der Waals surface area contributed by atoms with Crippen LogP contribution in [0.5, 0.6) is 0 Å². The summed E-state index contributed by atoms with van der Waals surface area (Å²) in [5.41, 5.74) is 0.173. The topological polar surface area (TPSA) is 36.0 Å². The molecule has 0 aliphatic carbocycles. The number of piperazine rings is 1. The van der Waals surface area contributed by atoms with E-state index >= 15 is 0 Å². The summed E-state index contributed by atoms with van der Waals surface area (Å²) in [6.45, 7) is 16.3. The molecule has 3 aliphatic rings. The van der Waals surface area contributed by atoms with E-state index in [0.29, 0.717) is 17.9 Å². The molecule has 22 heavy (non-hydrogen) atoms. The largest absolute Gasteiger partial charge is 0.378 e. The molecular formula is C17H31N3O2. The smallest absolute Gasteiger partial charge is 0.225 e. The average Bonchev–Trinajstić information content (AvgIpc) is 2.43. The van der Waals surface area contributed by atoms with Gasteiger partial charge in [0.15, 0.2) is 0 Å². The van der Waals surface area contributed by atoms with Gasteiger partial charge in [-0.15, -0.1) is 0 Å². The predicted molar refractivity (Wildman–Crippen MR) is 86.7 cm³/mol. The van der Waals surface area contributed by atoms with Gasteiger partial charge < -0.3 is 9.64 Å². The van der Waals surface area contributed by atoms with Gasteiger partial charge in [0.05, 0.1) is 24.8 Å². The van der Waals surface area contributed by atoms with E-state index in [1.807, 2.05) is 13.8 Å². The quantitative estimate of drug-likeness (QED) is 0.776. The van der Waals surface area contributed by atoms with Crippen LogP contribution < -0.4 is 0 Å². The summed E-state index contributed by atoms with van der Waals surface area (Å²) in [4.78, 5) is 19.8. The molecule has 0 N–H and O–H groups in total. The lowest BCUT2D eigenvalue weighted by Gasteiger charge is -2.63. The Bertz CT molecular complexity index is 418. The van der Waals surface area contributed by atoms with E-state index in [9.17, 15) is 4.79 Å². The summed E-state index contributed by atoms with van der Waals surface area (Å²) in [5.74, 6) is 1.08. The third-order valence-electron chi connectivity index (χ3n) is 5.22. The van der Waals surface area contributed by atoms with Crippen molar-refractivity contribution in [3.05, 3.63) is 0 Å². The fourth-order valence-electron chi connectivity index (χ4n) is 4.44. The Kier molecular flexibility index (Phi) is 4.49. The van der Waals surface area contributed by atoms with Crippen molar-refractivity contribution in [3.8, 4) is 0 Å². The SMILES string of the molecule is CC(C)CN1CC2(C1)CN(C(=O)C(C)C)CC1COCCN12. The predicted octanol–water partition coefficient (Wildman–Crippen LogP) is 0.896. The van der Waals surface area contributed by atoms with Gasteiger partial charge in [0, 0.05) is 45.2 Å². The molecule has 0 saturated carbocycles. The van der Waals surface area contributed by atoms with Crippen molar-refractivity contribution in [3.63, 3.8) is 0 Å². The number of nitrogens with zero attached hydrogens (tertiary/aromatic N) is 3. The van der Waals surface area contributed by atoms with Gasteiger partial charge >= 0.3 is 0 Å². The Morgan fingerprint density at radius 2 is 1.95 bits per heavy atom. The number of fused-ring (bicyclic) bond motifs is 2. The van der Waals surface area contributed by atoms with Crippen molar-refractivity contribution in [1.82, 2.24) is 14.7 Å². The van der Waals surface area contributed by atoms with Gasteiger partial charge in [-0.05, 0) is 5.92 Å². The number of hydrogen-bond donors (Lipinski definition) is 0. The first-order chi connectivity index (χ1) is 10.4. The standard InChI is InChI=1S/C17H31N3O2/c1-13(2)7-18-10-17(11-18)12-19(16(21)14(3)4)8-15-9-22-6-5-20(15)17/h13-15H,5-12H2,1-4H3. The molecule has 1 unspecified atom stereocenters. The molecule has 5 nitrogen and oxygen atoms in total. The molecule has 0 radical (unpaired) electrons. The monoisotopic (exact) mass is 309 g/mol. The molecule has 3 aliphatic heterocycles. The van der Waals surface area contributed by atoms with E-state index < -0.39 is 0 Å². The maximum atomic E-state index is 12.5. The lowest BCUT2D eigenvalue weighted by atomic mass is 9.82. The van der Waals surface area contributed by atoms with Gasteiger partial charge in [-0.1, -0.05) is 27.7 Å². The molecule has 0 aromatic heterocycles. The first-order valence-corrected chi connectivity index (χ1v) is 8.77. The van der Waals surface area contributed by atoms with Gasteiger partial charge in [-0.25, -0.2) is 0 Å². The lowest BCUT2D eigenvalue weighted by molar-refractivity contribution is -0.177. The molecule has 1 spiro atoms. The number of rotatable bonds is 3. The molecule has 3 saturated heterocycles. The normalized spacial score (nSPS) is 29.0. The molecule has 0 aromatic rings. The maximum absolute atomic E-state index is 12.5. The highest BCUT2D eigenvalue weighted by Gasteiger charge is 2.54. The van der Waals surface area contributed by atoms with Crippen LogP contribution in [0.4, 0.5) is 0 Å². The van der Waals surface area contributed by atoms with Gasteiger partial charge in [0.25, 0.3) is 0 Å². The second kappa shape index (κ2) is 6.10. The van der Waals surface area contributed by atoms with Crippen LogP contribution in [0.25, 0.3) is 0 Å². The minimum absolute atomic E-state index is 0.0833. The minimum Gasteiger partial charge on any atom is -0.378 e. The highest BCUT2D eigenvalue weighted by molar-refractivity contribution is 5.78. The molecule has 0 bridgehead atoms. The number of hydrogen-bond acceptors (Lipinski definition) is 4. The van der Waals surface area contributed by atoms with Crippen molar-refractivity contribution < 1.29 is 9.53 Å². The van der Waals surface area contributed by atoms with E-state index in [0.717, 1.165) is 52.5 Å². The Hall–Kier alpha value is -0.650. The van der Waals surface area contributed by atoms with Crippen LogP contribution in [0, 0.1) is 11.8 Å². The Morgan fingerprint density at radius 1 is 1.23 bits per heavy atom. The molecule has 1 atom stereocenters. The first-order valence-electron chi connectivity index (χ1n) is 8.77. The Balaban J connectivity index is 1.73. The highest BCUT2D eigenvalue weighted by atomic mass is 16.5. The first kappa shape index (κ1) is 16.2. The van der Waals surface area contributed by atoms with Crippen LogP contribution in [-0.4, -0.2) is 84.7 Å². The number of likely N-dealkylation sites (tertiary alicyclic amines) is 1. The Morgan fingerprint density at radius 3 is 2.59 bits per heavy atom. The summed E-state index contributed by atoms with van der Waals surface area (Å²) in [5, 5.41) is 0. The van der Waals surface area contributed by atoms with Gasteiger partial charge in [-0.2, -0.15) is 0 Å². The number of amides is 1. The van der Waals surface area contributed by atoms with Crippen molar-refractivity contribution >= 4 is 5.91 Å². The second-order valence-electron chi connectivity index (χ2n) is 8.08. The van der Waals surface area contributed by atoms with Crippen LogP contribution in [0.2, 0.25) is 0 Å². The fourth-order valence-corrected chi connectivity index (χ4v) is 4.44. The Labute approximate surface area is 134 Å². The van der Waals surface area contributed by atoms with E-state index in [1.165, 1.54) is 0 Å². The number of carbonyl (C=O) groups excluding carboxylic acids is 1. The lowest BCUT2D eigenvalue weighted by Crippen LogP contribution is -2.81. The molecule has 3 rings (SSSR count). The highest BCUT2D eigenvalue weighted by Crippen LogP contribution is 2.36. The van der Waals surface area contributed by atoms with Crippen LogP contribution in [0.1, 0.15) is 27.7 Å². The summed E-state index contributed by atoms with van der Waals surface area (Å²) in [7, 11) is 0. The van der Waals surface area contributed by atoms with Crippen LogP contribution in [-0.2, 0) is 9.53 Å². The maximum Gasteiger partial charge on any atom is 0.225 e. The van der Waals surface area contributed by atoms with Crippen LogP contribution in [0.3, 0.4) is 0 Å². The molecule has 126 valence electrons. The van der Waals surface area contributed by atoms with Gasteiger partial charge in [0.2, 0.25) is 5.91 Å². The van der Waals surface area contributed by atoms with E-state index in [4.69, 9.17) is 4.74 Å². The number of ether oxygens (including phenoxy) is 1. The molecule has 3 heterocycles.